The summed E-state index contributed by atoms with van der Waals surface area (Å²) in [6, 6.07) is 13.0. The topological polar surface area (TPSA) is 89.8 Å². The van der Waals surface area contributed by atoms with Gasteiger partial charge in [-0.15, -0.1) is 5.11 Å². The normalized spacial score (nSPS) is 11.6. The lowest BCUT2D eigenvalue weighted by molar-refractivity contribution is 0.112. The largest absolute Gasteiger partial charge is 0.493 e. The molecule has 0 aliphatic rings. The Kier molecular flexibility index (Phi) is 5.16. The zero-order valence-electron chi connectivity index (χ0n) is 13.9. The molecule has 0 saturated carbocycles. The lowest BCUT2D eigenvalue weighted by atomic mass is 10.2. The molecule has 0 saturated heterocycles. The lowest BCUT2D eigenvalue weighted by Gasteiger charge is -2.06. The summed E-state index contributed by atoms with van der Waals surface area (Å²) >= 11 is 1.52. The standard InChI is InChI=1S/C18H18N4O2S/c1-11(2)22-25-14-6-7-16-15(9-14)17(18(24)19-16)21-20-13-5-3-4-12(8-13)10-23/h3-11,19,22,24H,1-2H3. The van der Waals surface area contributed by atoms with Gasteiger partial charge >= 0.3 is 0 Å². The molecule has 128 valence electrons. The van der Waals surface area contributed by atoms with Gasteiger partial charge in [-0.25, -0.2) is 0 Å². The van der Waals surface area contributed by atoms with Gasteiger partial charge in [-0.1, -0.05) is 12.1 Å². The first kappa shape index (κ1) is 17.2. The summed E-state index contributed by atoms with van der Waals surface area (Å²) < 4.78 is 3.28. The maximum absolute atomic E-state index is 10.8. The minimum absolute atomic E-state index is 0.0377. The molecule has 6 nitrogen and oxygen atoms in total. The molecule has 0 spiro atoms. The van der Waals surface area contributed by atoms with E-state index in [2.05, 4.69) is 33.8 Å². The number of H-pyrrole nitrogens is 1. The van der Waals surface area contributed by atoms with Crippen LogP contribution in [0.15, 0.2) is 57.6 Å². The van der Waals surface area contributed by atoms with Gasteiger partial charge in [-0.05, 0) is 56.1 Å². The average molecular weight is 354 g/mol. The van der Waals surface area contributed by atoms with Crippen LogP contribution in [0.5, 0.6) is 5.88 Å². The number of nitrogens with one attached hydrogen (secondary N) is 2. The fourth-order valence-electron chi connectivity index (χ4n) is 2.26. The van der Waals surface area contributed by atoms with Crippen molar-refractivity contribution >= 4 is 40.5 Å². The quantitative estimate of drug-likeness (QED) is 0.326. The first-order valence-corrected chi connectivity index (χ1v) is 8.62. The molecule has 0 fully saturated rings. The van der Waals surface area contributed by atoms with Crippen LogP contribution in [0.4, 0.5) is 11.4 Å². The number of aromatic amines is 1. The van der Waals surface area contributed by atoms with Gasteiger partial charge in [0.25, 0.3) is 0 Å². The molecule has 1 heterocycles. The number of carbonyl (C=O) groups is 1. The predicted octanol–water partition coefficient (Wildman–Crippen LogP) is 5.11. The van der Waals surface area contributed by atoms with Crippen molar-refractivity contribution in [3.63, 3.8) is 0 Å². The van der Waals surface area contributed by atoms with Crippen LogP contribution in [0.25, 0.3) is 10.9 Å². The second-order valence-corrected chi connectivity index (χ2v) is 6.73. The minimum atomic E-state index is -0.0377. The van der Waals surface area contributed by atoms with Gasteiger partial charge in [0.05, 0.1) is 11.2 Å². The maximum atomic E-state index is 10.8. The first-order valence-electron chi connectivity index (χ1n) is 7.81. The number of rotatable bonds is 6. The van der Waals surface area contributed by atoms with Gasteiger partial charge in [-0.3, -0.25) is 9.52 Å². The van der Waals surface area contributed by atoms with E-state index in [9.17, 15) is 9.90 Å². The molecule has 0 unspecified atom stereocenters. The molecule has 0 aliphatic heterocycles. The molecule has 3 N–H and O–H groups in total. The van der Waals surface area contributed by atoms with Crippen LogP contribution in [0.3, 0.4) is 0 Å². The van der Waals surface area contributed by atoms with Gasteiger partial charge in [0.15, 0.2) is 5.69 Å². The van der Waals surface area contributed by atoms with Crippen molar-refractivity contribution < 1.29 is 9.90 Å². The number of nitrogens with zero attached hydrogens (tertiary/aromatic N) is 2. The van der Waals surface area contributed by atoms with Crippen LogP contribution >= 0.6 is 11.9 Å². The molecule has 0 bridgehead atoms. The van der Waals surface area contributed by atoms with E-state index >= 15 is 0 Å². The Balaban J connectivity index is 1.94. The van der Waals surface area contributed by atoms with Crippen LogP contribution in [0.1, 0.15) is 24.2 Å². The second-order valence-electron chi connectivity index (χ2n) is 5.82. The number of aromatic hydroxyl groups is 1. The SMILES string of the molecule is CC(C)NSc1ccc2[nH]c(O)c(N=Nc3cccc(C=O)c3)c2c1. The molecule has 2 aromatic carbocycles. The predicted molar refractivity (Wildman–Crippen MR) is 100 cm³/mol. The van der Waals surface area contributed by atoms with Gasteiger partial charge in [-0.2, -0.15) is 5.11 Å². The Hall–Kier alpha value is -2.64. The highest BCUT2D eigenvalue weighted by Crippen LogP contribution is 2.38. The number of azo groups is 1. The Morgan fingerprint density at radius 1 is 1.20 bits per heavy atom. The molecule has 0 atom stereocenters. The van der Waals surface area contributed by atoms with Crippen LogP contribution in [-0.4, -0.2) is 22.4 Å². The Bertz CT molecular complexity index is 934. The molecule has 7 heteroatoms. The number of benzene rings is 2. The van der Waals surface area contributed by atoms with Crippen molar-refractivity contribution in [1.82, 2.24) is 9.71 Å². The molecule has 3 rings (SSSR count). The molecule has 0 aliphatic carbocycles. The highest BCUT2D eigenvalue weighted by Gasteiger charge is 2.11. The van der Waals surface area contributed by atoms with Crippen LogP contribution in [0, 0.1) is 0 Å². The highest BCUT2D eigenvalue weighted by atomic mass is 32.2. The van der Waals surface area contributed by atoms with Crippen LogP contribution in [-0.2, 0) is 0 Å². The van der Waals surface area contributed by atoms with Crippen molar-refractivity contribution in [2.24, 2.45) is 10.2 Å². The molecule has 3 aromatic rings. The van der Waals surface area contributed by atoms with Gasteiger partial charge in [0.1, 0.15) is 6.29 Å². The smallest absolute Gasteiger partial charge is 0.218 e. The molecule has 1 aromatic heterocycles. The molecule has 25 heavy (non-hydrogen) atoms. The first-order chi connectivity index (χ1) is 12.1. The number of carbonyl (C=O) groups excluding carboxylic acids is 1. The highest BCUT2D eigenvalue weighted by molar-refractivity contribution is 7.97. The average Bonchev–Trinajstić information content (AvgIpc) is 2.93. The van der Waals surface area contributed by atoms with E-state index in [4.69, 9.17) is 0 Å². The van der Waals surface area contributed by atoms with E-state index in [1.165, 1.54) is 11.9 Å². The summed E-state index contributed by atoms with van der Waals surface area (Å²) in [6.45, 7) is 4.14. The van der Waals surface area contributed by atoms with Crippen molar-refractivity contribution in [3.8, 4) is 5.88 Å². The summed E-state index contributed by atoms with van der Waals surface area (Å²) in [6.07, 6.45) is 0.757. The van der Waals surface area contributed by atoms with Crippen molar-refractivity contribution in [1.29, 1.82) is 0 Å². The fourth-order valence-corrected chi connectivity index (χ4v) is 2.95. The maximum Gasteiger partial charge on any atom is 0.218 e. The van der Waals surface area contributed by atoms with E-state index < -0.39 is 0 Å². The third-order valence-electron chi connectivity index (χ3n) is 3.41. The summed E-state index contributed by atoms with van der Waals surface area (Å²) in [5.74, 6) is -0.0377. The number of hydrogen-bond acceptors (Lipinski definition) is 6. The number of hydrogen-bond donors (Lipinski definition) is 3. The van der Waals surface area contributed by atoms with E-state index in [1.807, 2.05) is 18.2 Å². The molecule has 0 radical (unpaired) electrons. The summed E-state index contributed by atoms with van der Waals surface area (Å²) in [4.78, 5) is 14.7. The second kappa shape index (κ2) is 7.50. The van der Waals surface area contributed by atoms with Crippen molar-refractivity contribution in [2.45, 2.75) is 24.8 Å². The Morgan fingerprint density at radius 3 is 2.80 bits per heavy atom. The Labute approximate surface area is 149 Å². The van der Waals surface area contributed by atoms with Gasteiger partial charge in [0.2, 0.25) is 5.88 Å². The fraction of sp³-hybridized carbons (Fsp3) is 0.167. The Morgan fingerprint density at radius 2 is 2.04 bits per heavy atom. The van der Waals surface area contributed by atoms with E-state index in [-0.39, 0.29) is 5.88 Å². The molecular weight excluding hydrogens is 336 g/mol. The number of aldehydes is 1. The van der Waals surface area contributed by atoms with E-state index in [0.29, 0.717) is 23.0 Å². The zero-order valence-corrected chi connectivity index (χ0v) is 14.7. The monoisotopic (exact) mass is 354 g/mol. The van der Waals surface area contributed by atoms with Crippen LogP contribution < -0.4 is 4.72 Å². The van der Waals surface area contributed by atoms with Crippen molar-refractivity contribution in [2.75, 3.05) is 0 Å². The zero-order chi connectivity index (χ0) is 17.8. The summed E-state index contributed by atoms with van der Waals surface area (Å²) in [7, 11) is 0. The molecular formula is C18H18N4O2S. The minimum Gasteiger partial charge on any atom is -0.493 e. The van der Waals surface area contributed by atoms with Gasteiger partial charge in [0, 0.05) is 21.9 Å². The number of fused-ring (bicyclic) bond motifs is 1. The van der Waals surface area contributed by atoms with Crippen LogP contribution in [0.2, 0.25) is 0 Å². The molecule has 0 amide bonds. The van der Waals surface area contributed by atoms with E-state index in [0.717, 1.165) is 22.1 Å². The third-order valence-corrected chi connectivity index (χ3v) is 4.49. The van der Waals surface area contributed by atoms with Gasteiger partial charge < -0.3 is 10.1 Å². The number of aromatic nitrogens is 1. The summed E-state index contributed by atoms with van der Waals surface area (Å²) in [5.41, 5.74) is 2.23. The lowest BCUT2D eigenvalue weighted by Crippen LogP contribution is -2.13. The van der Waals surface area contributed by atoms with E-state index in [1.54, 1.807) is 24.3 Å². The van der Waals surface area contributed by atoms with Crippen molar-refractivity contribution in [3.05, 3.63) is 48.0 Å². The summed E-state index contributed by atoms with van der Waals surface area (Å²) in [5, 5.41) is 19.2. The third kappa shape index (κ3) is 4.07.